The summed E-state index contributed by atoms with van der Waals surface area (Å²) in [4.78, 5) is 16.9. The molecule has 1 aromatic carbocycles. The maximum atomic E-state index is 12.1. The molecule has 0 radical (unpaired) electrons. The van der Waals surface area contributed by atoms with Gasteiger partial charge >= 0.3 is 0 Å². The molecule has 2 aliphatic rings. The lowest BCUT2D eigenvalue weighted by molar-refractivity contribution is -0.126. The number of amides is 1. The minimum absolute atomic E-state index is 0.00197. The van der Waals surface area contributed by atoms with Crippen LogP contribution in [0.4, 0.5) is 0 Å². The highest BCUT2D eigenvalue weighted by molar-refractivity contribution is 5.81. The fraction of sp³-hybridized carbons (Fsp3) is 0.611. The molecule has 1 aliphatic carbocycles. The second-order valence-corrected chi connectivity index (χ2v) is 6.76. The van der Waals surface area contributed by atoms with Gasteiger partial charge in [-0.15, -0.1) is 0 Å². The molecule has 0 spiro atoms. The zero-order valence-corrected chi connectivity index (χ0v) is 13.7. The molecule has 22 heavy (non-hydrogen) atoms. The van der Waals surface area contributed by atoms with Gasteiger partial charge in [-0.25, -0.2) is 0 Å². The molecule has 1 aliphatic heterocycles. The first-order valence-corrected chi connectivity index (χ1v) is 8.44. The third kappa shape index (κ3) is 4.08. The smallest absolute Gasteiger partial charge is 0.237 e. The van der Waals surface area contributed by atoms with Gasteiger partial charge < -0.3 is 5.32 Å². The molecule has 3 rings (SSSR count). The molecule has 1 saturated heterocycles. The topological polar surface area (TPSA) is 35.6 Å². The van der Waals surface area contributed by atoms with E-state index in [1.54, 1.807) is 0 Å². The Hall–Kier alpha value is -1.39. The summed E-state index contributed by atoms with van der Waals surface area (Å²) in [5, 5.41) is 3.11. The van der Waals surface area contributed by atoms with Gasteiger partial charge in [-0.2, -0.15) is 0 Å². The molecule has 120 valence electrons. The summed E-state index contributed by atoms with van der Waals surface area (Å²) in [5.74, 6) is 0.203. The van der Waals surface area contributed by atoms with E-state index in [4.69, 9.17) is 0 Å². The van der Waals surface area contributed by atoms with Gasteiger partial charge in [-0.05, 0) is 32.3 Å². The van der Waals surface area contributed by atoms with Gasteiger partial charge in [0, 0.05) is 38.8 Å². The second kappa shape index (κ2) is 6.80. The Bertz CT molecular complexity index is 502. The molecule has 4 nitrogen and oxygen atoms in total. The van der Waals surface area contributed by atoms with Crippen LogP contribution >= 0.6 is 0 Å². The molecule has 4 heteroatoms. The molecule has 0 bridgehead atoms. The lowest BCUT2D eigenvalue weighted by Gasteiger charge is -2.37. The number of hydrogen-bond acceptors (Lipinski definition) is 3. The van der Waals surface area contributed by atoms with E-state index in [9.17, 15) is 4.79 Å². The number of rotatable bonds is 5. The number of aryl methyl sites for hydroxylation is 1. The Morgan fingerprint density at radius 3 is 2.41 bits per heavy atom. The van der Waals surface area contributed by atoms with E-state index in [1.807, 2.05) is 6.92 Å². The van der Waals surface area contributed by atoms with E-state index in [0.29, 0.717) is 6.04 Å². The van der Waals surface area contributed by atoms with E-state index < -0.39 is 0 Å². The lowest BCUT2D eigenvalue weighted by Crippen LogP contribution is -2.53. The van der Waals surface area contributed by atoms with Crippen molar-refractivity contribution in [1.29, 1.82) is 0 Å². The van der Waals surface area contributed by atoms with E-state index >= 15 is 0 Å². The van der Waals surface area contributed by atoms with Crippen molar-refractivity contribution in [2.75, 3.05) is 26.2 Å². The largest absolute Gasteiger partial charge is 0.352 e. The van der Waals surface area contributed by atoms with Gasteiger partial charge in [-0.1, -0.05) is 29.8 Å². The predicted octanol–water partition coefficient (Wildman–Crippen LogP) is 1.78. The number of nitrogens with one attached hydrogen (secondary N) is 1. The van der Waals surface area contributed by atoms with Gasteiger partial charge in [0.05, 0.1) is 6.04 Å². The Morgan fingerprint density at radius 1 is 1.18 bits per heavy atom. The Balaban J connectivity index is 1.45. The van der Waals surface area contributed by atoms with Crippen LogP contribution in [0.2, 0.25) is 0 Å². The summed E-state index contributed by atoms with van der Waals surface area (Å²) >= 11 is 0. The van der Waals surface area contributed by atoms with Crippen molar-refractivity contribution < 1.29 is 4.79 Å². The van der Waals surface area contributed by atoms with Crippen molar-refractivity contribution in [2.24, 2.45) is 0 Å². The molecule has 2 fully saturated rings. The third-order valence-corrected chi connectivity index (χ3v) is 4.78. The Morgan fingerprint density at radius 2 is 1.82 bits per heavy atom. The molecular formula is C18H27N3O. The monoisotopic (exact) mass is 301 g/mol. The maximum Gasteiger partial charge on any atom is 0.237 e. The summed E-state index contributed by atoms with van der Waals surface area (Å²) in [6.07, 6.45) is 2.31. The molecule has 1 aromatic rings. The van der Waals surface area contributed by atoms with Crippen molar-refractivity contribution in [2.45, 2.75) is 45.3 Å². The molecule has 1 saturated carbocycles. The van der Waals surface area contributed by atoms with Gasteiger partial charge in [0.2, 0.25) is 5.91 Å². The zero-order chi connectivity index (χ0) is 15.5. The van der Waals surface area contributed by atoms with E-state index in [-0.39, 0.29) is 11.9 Å². The SMILES string of the molecule is Cc1ccc(CN2CCN(C(C)C(=O)NC3CC3)CC2)cc1. The normalized spacial score (nSPS) is 21.5. The average Bonchev–Trinajstić information content (AvgIpc) is 3.33. The van der Waals surface area contributed by atoms with Crippen LogP contribution in [0.1, 0.15) is 30.9 Å². The molecule has 0 aromatic heterocycles. The number of hydrogen-bond donors (Lipinski definition) is 1. The van der Waals surface area contributed by atoms with Gasteiger partial charge in [0.15, 0.2) is 0 Å². The van der Waals surface area contributed by atoms with Crippen molar-refractivity contribution in [1.82, 2.24) is 15.1 Å². The van der Waals surface area contributed by atoms with Crippen molar-refractivity contribution in [3.63, 3.8) is 0 Å². The Labute approximate surface area is 133 Å². The lowest BCUT2D eigenvalue weighted by atomic mass is 10.1. The minimum atomic E-state index is 0.00197. The van der Waals surface area contributed by atoms with Crippen LogP contribution in [0.15, 0.2) is 24.3 Å². The molecular weight excluding hydrogens is 274 g/mol. The quantitative estimate of drug-likeness (QED) is 0.900. The molecule has 1 amide bonds. The Kier molecular flexibility index (Phi) is 4.79. The molecule has 1 unspecified atom stereocenters. The van der Waals surface area contributed by atoms with Crippen molar-refractivity contribution in [3.8, 4) is 0 Å². The van der Waals surface area contributed by atoms with Gasteiger partial charge in [-0.3, -0.25) is 14.6 Å². The molecule has 1 heterocycles. The van der Waals surface area contributed by atoms with Gasteiger partial charge in [0.25, 0.3) is 0 Å². The number of benzene rings is 1. The maximum absolute atomic E-state index is 12.1. The van der Waals surface area contributed by atoms with Crippen molar-refractivity contribution in [3.05, 3.63) is 35.4 Å². The van der Waals surface area contributed by atoms with E-state index in [0.717, 1.165) is 45.6 Å². The van der Waals surface area contributed by atoms with Crippen LogP contribution < -0.4 is 5.32 Å². The van der Waals surface area contributed by atoms with Crippen molar-refractivity contribution >= 4 is 5.91 Å². The number of carbonyl (C=O) groups excluding carboxylic acids is 1. The summed E-state index contributed by atoms with van der Waals surface area (Å²) < 4.78 is 0. The first kappa shape index (κ1) is 15.5. The van der Waals surface area contributed by atoms with Gasteiger partial charge in [0.1, 0.15) is 0 Å². The van der Waals surface area contributed by atoms with Crippen LogP contribution in [0.25, 0.3) is 0 Å². The van der Waals surface area contributed by atoms with E-state index in [2.05, 4.69) is 46.3 Å². The van der Waals surface area contributed by atoms with Crippen LogP contribution in [-0.4, -0.2) is 54.0 Å². The summed E-state index contributed by atoms with van der Waals surface area (Å²) in [5.41, 5.74) is 2.68. The number of piperazine rings is 1. The predicted molar refractivity (Wildman–Crippen MR) is 88.7 cm³/mol. The van der Waals surface area contributed by atoms with Crippen LogP contribution in [0.3, 0.4) is 0 Å². The van der Waals surface area contributed by atoms with Crippen LogP contribution in [0.5, 0.6) is 0 Å². The summed E-state index contributed by atoms with van der Waals surface area (Å²) in [7, 11) is 0. The first-order valence-electron chi connectivity index (χ1n) is 8.44. The minimum Gasteiger partial charge on any atom is -0.352 e. The standard InChI is InChI=1S/C18H27N3O/c1-14-3-5-16(6-4-14)13-20-9-11-21(12-10-20)15(2)18(22)19-17-7-8-17/h3-6,15,17H,7-13H2,1-2H3,(H,19,22). The third-order valence-electron chi connectivity index (χ3n) is 4.78. The highest BCUT2D eigenvalue weighted by Gasteiger charge is 2.29. The van der Waals surface area contributed by atoms with Crippen LogP contribution in [0, 0.1) is 6.92 Å². The fourth-order valence-electron chi connectivity index (χ4n) is 2.98. The first-order chi connectivity index (χ1) is 10.6. The second-order valence-electron chi connectivity index (χ2n) is 6.76. The molecule has 1 atom stereocenters. The zero-order valence-electron chi connectivity index (χ0n) is 13.7. The summed E-state index contributed by atoms with van der Waals surface area (Å²) in [6, 6.07) is 9.24. The highest BCUT2D eigenvalue weighted by atomic mass is 16.2. The molecule has 1 N–H and O–H groups in total. The van der Waals surface area contributed by atoms with E-state index in [1.165, 1.54) is 11.1 Å². The average molecular weight is 301 g/mol. The fourth-order valence-corrected chi connectivity index (χ4v) is 2.98. The summed E-state index contributed by atoms with van der Waals surface area (Å²) in [6.45, 7) is 9.20. The number of carbonyl (C=O) groups is 1. The van der Waals surface area contributed by atoms with Crippen LogP contribution in [-0.2, 0) is 11.3 Å². The number of nitrogens with zero attached hydrogens (tertiary/aromatic N) is 2. The highest BCUT2D eigenvalue weighted by Crippen LogP contribution is 2.19.